The summed E-state index contributed by atoms with van der Waals surface area (Å²) in [5.41, 5.74) is 0. The molecule has 0 aliphatic heterocycles. The summed E-state index contributed by atoms with van der Waals surface area (Å²) in [6, 6.07) is 7.86. The average Bonchev–Trinajstić information content (AvgIpc) is 2.29. The van der Waals surface area contributed by atoms with Gasteiger partial charge in [0.1, 0.15) is 21.3 Å². The summed E-state index contributed by atoms with van der Waals surface area (Å²) in [5, 5.41) is 0. The van der Waals surface area contributed by atoms with Crippen LogP contribution in [0.2, 0.25) is 0 Å². The summed E-state index contributed by atoms with van der Waals surface area (Å²) in [4.78, 5) is -0.694. The lowest BCUT2D eigenvalue weighted by atomic mass is 10.3. The topological polar surface area (TPSA) is 57.5 Å². The van der Waals surface area contributed by atoms with Crippen LogP contribution in [0, 0.1) is 11.6 Å². The third-order valence-corrected chi connectivity index (χ3v) is 4.72. The molecule has 2 aromatic carbocycles. The highest BCUT2D eigenvalue weighted by molar-refractivity contribution is 8.10. The number of halogens is 2. The van der Waals surface area contributed by atoms with Gasteiger partial charge in [-0.1, -0.05) is 0 Å². The van der Waals surface area contributed by atoms with Crippen molar-refractivity contribution in [2.24, 2.45) is 0 Å². The van der Waals surface area contributed by atoms with Crippen LogP contribution >= 0.6 is 0 Å². The maximum absolute atomic E-state index is 12.8. The van der Waals surface area contributed by atoms with Crippen molar-refractivity contribution in [2.75, 3.05) is 0 Å². The molecule has 0 unspecified atom stereocenters. The molecule has 6 heteroatoms. The zero-order valence-corrected chi connectivity index (χ0v) is 9.90. The molecule has 0 spiro atoms. The van der Waals surface area contributed by atoms with Crippen molar-refractivity contribution in [1.29, 1.82) is 0 Å². The SMILES string of the molecule is O=S(O)(O)(c1ccc(F)cc1)c1ccc(F)cc1. The zero-order valence-electron chi connectivity index (χ0n) is 9.09. The smallest absolute Gasteiger partial charge is 0.135 e. The van der Waals surface area contributed by atoms with Gasteiger partial charge in [0, 0.05) is 0 Å². The van der Waals surface area contributed by atoms with E-state index in [0.29, 0.717) is 0 Å². The van der Waals surface area contributed by atoms with Gasteiger partial charge in [-0.2, -0.15) is 0 Å². The summed E-state index contributed by atoms with van der Waals surface area (Å²) >= 11 is 0. The van der Waals surface area contributed by atoms with Gasteiger partial charge in [0.25, 0.3) is 0 Å². The van der Waals surface area contributed by atoms with Crippen molar-refractivity contribution in [3.8, 4) is 0 Å². The summed E-state index contributed by atoms with van der Waals surface area (Å²) in [6.45, 7) is 0. The summed E-state index contributed by atoms with van der Waals surface area (Å²) < 4.78 is 57.7. The molecule has 0 amide bonds. The minimum Gasteiger partial charge on any atom is -0.301 e. The second-order valence-electron chi connectivity index (χ2n) is 3.77. The van der Waals surface area contributed by atoms with Gasteiger partial charge in [-0.25, -0.2) is 13.0 Å². The second kappa shape index (κ2) is 3.94. The van der Waals surface area contributed by atoms with Crippen LogP contribution in [-0.2, 0) is 9.63 Å². The lowest BCUT2D eigenvalue weighted by Gasteiger charge is -2.31. The van der Waals surface area contributed by atoms with E-state index >= 15 is 0 Å². The molecule has 0 radical (unpaired) electrons. The van der Waals surface area contributed by atoms with Gasteiger partial charge >= 0.3 is 0 Å². The normalized spacial score (nSPS) is 13.9. The standard InChI is InChI=1S/C12H10F2O3S/c13-9-1-5-11(6-2-9)18(15,16,17)12-7-3-10(14)4-8-12/h1-8H,(H2,15,16,17). The van der Waals surface area contributed by atoms with E-state index in [-0.39, 0.29) is 9.79 Å². The van der Waals surface area contributed by atoms with Crippen molar-refractivity contribution in [3.63, 3.8) is 0 Å². The highest BCUT2D eigenvalue weighted by Crippen LogP contribution is 2.37. The van der Waals surface area contributed by atoms with Crippen LogP contribution < -0.4 is 0 Å². The van der Waals surface area contributed by atoms with E-state index in [1.807, 2.05) is 0 Å². The Balaban J connectivity index is 2.60. The second-order valence-corrected chi connectivity index (χ2v) is 6.44. The van der Waals surface area contributed by atoms with Crippen molar-refractivity contribution in [3.05, 3.63) is 60.2 Å². The summed E-state index contributed by atoms with van der Waals surface area (Å²) in [6.07, 6.45) is 0. The molecule has 0 aromatic heterocycles. The lowest BCUT2D eigenvalue weighted by molar-refractivity contribution is 0.389. The molecule has 0 aliphatic rings. The first-order valence-corrected chi connectivity index (χ1v) is 6.84. The number of rotatable bonds is 2. The Morgan fingerprint density at radius 2 is 1.00 bits per heavy atom. The predicted molar refractivity (Wildman–Crippen MR) is 62.7 cm³/mol. The number of hydrogen-bond donors (Lipinski definition) is 2. The Kier molecular flexibility index (Phi) is 2.81. The Hall–Kier alpha value is -1.63. The molecule has 2 N–H and O–H groups in total. The molecule has 0 saturated carbocycles. The largest absolute Gasteiger partial charge is 0.301 e. The van der Waals surface area contributed by atoms with Gasteiger partial charge in [0.2, 0.25) is 0 Å². The van der Waals surface area contributed by atoms with Gasteiger partial charge in [-0.3, -0.25) is 0 Å². The third-order valence-electron chi connectivity index (χ3n) is 2.48. The maximum atomic E-state index is 12.8. The van der Waals surface area contributed by atoms with E-state index in [0.717, 1.165) is 48.5 Å². The van der Waals surface area contributed by atoms with Crippen molar-refractivity contribution in [1.82, 2.24) is 0 Å². The van der Waals surface area contributed by atoms with Crippen LogP contribution in [0.1, 0.15) is 0 Å². The van der Waals surface area contributed by atoms with Crippen LogP contribution in [0.4, 0.5) is 8.78 Å². The van der Waals surface area contributed by atoms with Gasteiger partial charge in [0.15, 0.2) is 0 Å². The minimum absolute atomic E-state index is 0.347. The summed E-state index contributed by atoms with van der Waals surface area (Å²) in [7, 11) is -5.29. The van der Waals surface area contributed by atoms with Crippen LogP contribution in [-0.4, -0.2) is 13.3 Å². The molecular weight excluding hydrogens is 262 g/mol. The fourth-order valence-corrected chi connectivity index (χ4v) is 3.02. The lowest BCUT2D eigenvalue weighted by Crippen LogP contribution is -2.31. The van der Waals surface area contributed by atoms with E-state index in [9.17, 15) is 22.1 Å². The molecule has 0 atom stereocenters. The molecule has 18 heavy (non-hydrogen) atoms. The quantitative estimate of drug-likeness (QED) is 0.883. The molecule has 2 rings (SSSR count). The molecule has 0 heterocycles. The van der Waals surface area contributed by atoms with Gasteiger partial charge in [-0.15, -0.1) is 0 Å². The molecule has 0 aliphatic carbocycles. The molecule has 96 valence electrons. The van der Waals surface area contributed by atoms with Crippen molar-refractivity contribution < 1.29 is 22.1 Å². The Bertz CT molecular complexity index is 578. The van der Waals surface area contributed by atoms with Crippen LogP contribution in [0.15, 0.2) is 58.3 Å². The van der Waals surface area contributed by atoms with E-state index in [2.05, 4.69) is 0 Å². The van der Waals surface area contributed by atoms with Gasteiger partial charge in [-0.05, 0) is 48.5 Å². The van der Waals surface area contributed by atoms with Gasteiger partial charge in [0.05, 0.1) is 9.79 Å². The van der Waals surface area contributed by atoms with Gasteiger partial charge < -0.3 is 9.11 Å². The maximum Gasteiger partial charge on any atom is 0.135 e. The van der Waals surface area contributed by atoms with E-state index in [1.165, 1.54) is 0 Å². The van der Waals surface area contributed by atoms with Crippen LogP contribution in [0.3, 0.4) is 0 Å². The molecule has 0 bridgehead atoms. The Labute approximate surface area is 102 Å². The highest BCUT2D eigenvalue weighted by Gasteiger charge is 2.35. The molecular formula is C12H10F2O3S. The highest BCUT2D eigenvalue weighted by atomic mass is 32.3. The fraction of sp³-hybridized carbons (Fsp3) is 0. The number of benzene rings is 2. The third kappa shape index (κ3) is 2.17. The zero-order chi connectivity index (χ0) is 13.4. The fourth-order valence-electron chi connectivity index (χ4n) is 1.50. The monoisotopic (exact) mass is 272 g/mol. The first kappa shape index (κ1) is 12.8. The van der Waals surface area contributed by atoms with E-state index in [4.69, 9.17) is 0 Å². The Morgan fingerprint density at radius 3 is 1.28 bits per heavy atom. The minimum atomic E-state index is -5.29. The summed E-state index contributed by atoms with van der Waals surface area (Å²) in [5.74, 6) is -1.19. The van der Waals surface area contributed by atoms with Crippen LogP contribution in [0.25, 0.3) is 0 Å². The first-order valence-electron chi connectivity index (χ1n) is 4.96. The molecule has 2 aromatic rings. The molecule has 0 fully saturated rings. The average molecular weight is 272 g/mol. The molecule has 3 nitrogen and oxygen atoms in total. The number of hydrogen-bond acceptors (Lipinski definition) is 1. The Morgan fingerprint density at radius 1 is 0.722 bits per heavy atom. The first-order chi connectivity index (χ1) is 8.28. The molecule has 0 saturated heterocycles. The van der Waals surface area contributed by atoms with E-state index < -0.39 is 21.3 Å². The van der Waals surface area contributed by atoms with Crippen molar-refractivity contribution in [2.45, 2.75) is 9.79 Å². The van der Waals surface area contributed by atoms with Crippen molar-refractivity contribution >= 4 is 9.63 Å². The van der Waals surface area contributed by atoms with Crippen LogP contribution in [0.5, 0.6) is 0 Å². The van der Waals surface area contributed by atoms with E-state index in [1.54, 1.807) is 0 Å². The predicted octanol–water partition coefficient (Wildman–Crippen LogP) is 3.15.